The molecule has 2 N–H and O–H groups in total. The van der Waals surface area contributed by atoms with Crippen LogP contribution in [0.5, 0.6) is 0 Å². The highest BCUT2D eigenvalue weighted by Gasteiger charge is 2.26. The van der Waals surface area contributed by atoms with Crippen LogP contribution in [0.2, 0.25) is 0 Å². The van der Waals surface area contributed by atoms with Crippen LogP contribution >= 0.6 is 12.4 Å². The van der Waals surface area contributed by atoms with Gasteiger partial charge in [-0.15, -0.1) is 12.4 Å². The molecular weight excluding hydrogens is 382 g/mol. The van der Waals surface area contributed by atoms with Crippen LogP contribution in [0.4, 0.5) is 0 Å². The van der Waals surface area contributed by atoms with E-state index in [-0.39, 0.29) is 17.3 Å². The van der Waals surface area contributed by atoms with Crippen molar-refractivity contribution in [2.24, 2.45) is 5.73 Å². The molecule has 0 atom stereocenters. The lowest BCUT2D eigenvalue weighted by molar-refractivity contribution is 0.402. The quantitative estimate of drug-likeness (QED) is 0.652. The van der Waals surface area contributed by atoms with Crippen molar-refractivity contribution in [3.05, 3.63) is 71.9 Å². The number of sulfonamides is 1. The highest BCUT2D eigenvalue weighted by Crippen LogP contribution is 2.26. The van der Waals surface area contributed by atoms with Crippen LogP contribution in [0.15, 0.2) is 65.7 Å². The molecule has 0 unspecified atom stereocenters. The molecule has 0 aliphatic rings. The van der Waals surface area contributed by atoms with Gasteiger partial charge in [-0.3, -0.25) is 4.98 Å². The van der Waals surface area contributed by atoms with Crippen molar-refractivity contribution in [1.29, 1.82) is 0 Å². The molecule has 0 amide bonds. The van der Waals surface area contributed by atoms with Gasteiger partial charge in [0.05, 0.1) is 5.52 Å². The zero-order valence-corrected chi connectivity index (χ0v) is 16.8. The molecule has 3 aromatic rings. The first-order valence-corrected chi connectivity index (χ1v) is 10.1. The van der Waals surface area contributed by atoms with E-state index in [4.69, 9.17) is 5.73 Å². The van der Waals surface area contributed by atoms with E-state index in [0.29, 0.717) is 31.6 Å². The summed E-state index contributed by atoms with van der Waals surface area (Å²) in [7, 11) is -3.70. The molecule has 1 heterocycles. The standard InChI is InChI=1S/C20H23N3O2S.ClH/c1-16-13-18-9-5-10-19(20(18)22-14-16)26(24,25)23(12-6-11-21)15-17-7-3-2-4-8-17;/h2-5,7-10,13-14H,6,11-12,15,21H2,1H3;1H. The van der Waals surface area contributed by atoms with Gasteiger partial charge in [0, 0.05) is 24.7 Å². The molecule has 0 bridgehead atoms. The number of rotatable bonds is 7. The van der Waals surface area contributed by atoms with Crippen molar-refractivity contribution in [2.45, 2.75) is 24.8 Å². The van der Waals surface area contributed by atoms with Crippen LogP contribution < -0.4 is 5.73 Å². The van der Waals surface area contributed by atoms with Gasteiger partial charge in [-0.1, -0.05) is 42.5 Å². The molecule has 3 rings (SSSR count). The Bertz CT molecular complexity index is 995. The van der Waals surface area contributed by atoms with Crippen molar-refractivity contribution in [3.63, 3.8) is 0 Å². The summed E-state index contributed by atoms with van der Waals surface area (Å²) in [5.74, 6) is 0. The normalized spacial score (nSPS) is 11.5. The van der Waals surface area contributed by atoms with E-state index in [1.165, 1.54) is 4.31 Å². The number of fused-ring (bicyclic) bond motifs is 1. The summed E-state index contributed by atoms with van der Waals surface area (Å²) < 4.78 is 28.3. The predicted octanol–water partition coefficient (Wildman–Crippen LogP) is 3.50. The Morgan fingerprint density at radius 1 is 1.07 bits per heavy atom. The van der Waals surface area contributed by atoms with E-state index < -0.39 is 10.0 Å². The summed E-state index contributed by atoms with van der Waals surface area (Å²) in [5.41, 5.74) is 8.07. The van der Waals surface area contributed by atoms with Crippen LogP contribution in [-0.2, 0) is 16.6 Å². The maximum Gasteiger partial charge on any atom is 0.245 e. The molecule has 0 radical (unpaired) electrons. The minimum absolute atomic E-state index is 0. The maximum atomic E-state index is 13.4. The van der Waals surface area contributed by atoms with Crippen LogP contribution in [-0.4, -0.2) is 30.8 Å². The fourth-order valence-electron chi connectivity index (χ4n) is 2.93. The van der Waals surface area contributed by atoms with Crippen molar-refractivity contribution in [1.82, 2.24) is 9.29 Å². The van der Waals surface area contributed by atoms with Crippen molar-refractivity contribution >= 4 is 33.3 Å². The van der Waals surface area contributed by atoms with E-state index in [2.05, 4.69) is 4.98 Å². The lowest BCUT2D eigenvalue weighted by Crippen LogP contribution is -2.32. The first-order chi connectivity index (χ1) is 12.5. The number of nitrogens with two attached hydrogens (primary N) is 1. The Morgan fingerprint density at radius 3 is 2.52 bits per heavy atom. The SMILES string of the molecule is Cc1cnc2c(S(=O)(=O)N(CCCN)Cc3ccccc3)cccc2c1.Cl. The Balaban J connectivity index is 0.00000261. The molecule has 0 saturated carbocycles. The van der Waals surface area contributed by atoms with Crippen LogP contribution in [0, 0.1) is 6.92 Å². The average molecular weight is 406 g/mol. The fourth-order valence-corrected chi connectivity index (χ4v) is 4.56. The second-order valence-electron chi connectivity index (χ2n) is 6.31. The molecule has 5 nitrogen and oxygen atoms in total. The van der Waals surface area contributed by atoms with Crippen molar-refractivity contribution in [2.75, 3.05) is 13.1 Å². The summed E-state index contributed by atoms with van der Waals surface area (Å²) >= 11 is 0. The minimum Gasteiger partial charge on any atom is -0.330 e. The first kappa shape index (κ1) is 21.3. The molecule has 2 aromatic carbocycles. The van der Waals surface area contributed by atoms with Crippen molar-refractivity contribution < 1.29 is 8.42 Å². The molecule has 0 aliphatic carbocycles. The number of hydrogen-bond acceptors (Lipinski definition) is 4. The zero-order chi connectivity index (χ0) is 18.6. The Labute approximate surface area is 166 Å². The number of aromatic nitrogens is 1. The van der Waals surface area contributed by atoms with Gasteiger partial charge in [0.1, 0.15) is 4.90 Å². The number of aryl methyl sites for hydroxylation is 1. The van der Waals surface area contributed by atoms with Crippen LogP contribution in [0.1, 0.15) is 17.5 Å². The van der Waals surface area contributed by atoms with Gasteiger partial charge in [-0.05, 0) is 43.1 Å². The van der Waals surface area contributed by atoms with E-state index in [1.54, 1.807) is 18.3 Å². The summed E-state index contributed by atoms with van der Waals surface area (Å²) in [5, 5.41) is 0.824. The minimum atomic E-state index is -3.70. The number of pyridine rings is 1. The van der Waals surface area contributed by atoms with Crippen molar-refractivity contribution in [3.8, 4) is 0 Å². The Kier molecular flexibility index (Phi) is 7.33. The molecule has 0 spiro atoms. The summed E-state index contributed by atoms with van der Waals surface area (Å²) in [6, 6.07) is 16.8. The number of benzene rings is 2. The number of halogens is 1. The fraction of sp³-hybridized carbons (Fsp3) is 0.250. The van der Waals surface area contributed by atoms with Gasteiger partial charge >= 0.3 is 0 Å². The first-order valence-electron chi connectivity index (χ1n) is 8.62. The zero-order valence-electron chi connectivity index (χ0n) is 15.2. The summed E-state index contributed by atoms with van der Waals surface area (Å²) in [6.45, 7) is 3.06. The molecular formula is C20H24ClN3O2S. The lowest BCUT2D eigenvalue weighted by Gasteiger charge is -2.23. The third kappa shape index (κ3) is 4.84. The van der Waals surface area contributed by atoms with Crippen LogP contribution in [0.25, 0.3) is 10.9 Å². The lowest BCUT2D eigenvalue weighted by atomic mass is 10.2. The molecule has 0 fully saturated rings. The molecule has 7 heteroatoms. The second kappa shape index (κ2) is 9.28. The number of hydrogen-bond donors (Lipinski definition) is 1. The molecule has 0 saturated heterocycles. The smallest absolute Gasteiger partial charge is 0.245 e. The van der Waals surface area contributed by atoms with Gasteiger partial charge in [0.15, 0.2) is 0 Å². The second-order valence-corrected chi connectivity index (χ2v) is 8.21. The largest absolute Gasteiger partial charge is 0.330 e. The highest BCUT2D eigenvalue weighted by molar-refractivity contribution is 7.89. The number of para-hydroxylation sites is 1. The Morgan fingerprint density at radius 2 is 1.81 bits per heavy atom. The van der Waals surface area contributed by atoms with Gasteiger partial charge in [0.25, 0.3) is 0 Å². The van der Waals surface area contributed by atoms with Gasteiger partial charge in [-0.2, -0.15) is 4.31 Å². The number of nitrogens with zero attached hydrogens (tertiary/aromatic N) is 2. The van der Waals surface area contributed by atoms with E-state index in [9.17, 15) is 8.42 Å². The topological polar surface area (TPSA) is 76.3 Å². The van der Waals surface area contributed by atoms with E-state index >= 15 is 0 Å². The maximum absolute atomic E-state index is 13.4. The van der Waals surface area contributed by atoms with E-state index in [1.807, 2.05) is 49.4 Å². The average Bonchev–Trinajstić information content (AvgIpc) is 2.65. The molecule has 144 valence electrons. The predicted molar refractivity (Wildman–Crippen MR) is 111 cm³/mol. The molecule has 27 heavy (non-hydrogen) atoms. The molecule has 1 aromatic heterocycles. The third-order valence-corrected chi connectivity index (χ3v) is 6.12. The van der Waals surface area contributed by atoms with Gasteiger partial charge in [0.2, 0.25) is 10.0 Å². The monoisotopic (exact) mass is 405 g/mol. The summed E-state index contributed by atoms with van der Waals surface area (Å²) in [6.07, 6.45) is 2.30. The van der Waals surface area contributed by atoms with Gasteiger partial charge < -0.3 is 5.73 Å². The van der Waals surface area contributed by atoms with Gasteiger partial charge in [-0.25, -0.2) is 8.42 Å². The third-order valence-electron chi connectivity index (χ3n) is 4.24. The van der Waals surface area contributed by atoms with Crippen LogP contribution in [0.3, 0.4) is 0 Å². The Hall–Kier alpha value is -1.99. The summed E-state index contributed by atoms with van der Waals surface area (Å²) in [4.78, 5) is 4.63. The molecule has 0 aliphatic heterocycles. The van der Waals surface area contributed by atoms with E-state index in [0.717, 1.165) is 16.5 Å². The highest BCUT2D eigenvalue weighted by atomic mass is 35.5.